The molecule has 0 N–H and O–H groups in total. The molecule has 0 amide bonds. The number of hydrogen-bond donors (Lipinski definition) is 0. The van der Waals surface area contributed by atoms with Crippen LogP contribution in [0.25, 0.3) is 10.8 Å². The molecule has 0 aliphatic rings. The lowest BCUT2D eigenvalue weighted by Crippen LogP contribution is -1.95. The van der Waals surface area contributed by atoms with Crippen LogP contribution in [-0.4, -0.2) is 25.6 Å². The van der Waals surface area contributed by atoms with Gasteiger partial charge in [-0.25, -0.2) is 0 Å². The Hall–Kier alpha value is -3.92. The van der Waals surface area contributed by atoms with E-state index in [-0.39, 0.29) is 0 Å². The molecule has 0 bridgehead atoms. The van der Waals surface area contributed by atoms with Crippen molar-refractivity contribution < 1.29 is 9.47 Å². The SMILES string of the molecule is CCOc1ccccc1C=Nc1cccc2c(N=Cc3ccccc3OCC)cccc12. The second-order valence-corrected chi connectivity index (χ2v) is 7.11. The topological polar surface area (TPSA) is 43.2 Å². The number of ether oxygens (including phenoxy) is 2. The van der Waals surface area contributed by atoms with Crippen molar-refractivity contribution in [1.82, 2.24) is 0 Å². The molecule has 4 aromatic carbocycles. The van der Waals surface area contributed by atoms with E-state index in [1.54, 1.807) is 0 Å². The number of hydrogen-bond acceptors (Lipinski definition) is 4. The number of aliphatic imine (C=N–C) groups is 2. The summed E-state index contributed by atoms with van der Waals surface area (Å²) < 4.78 is 11.4. The minimum Gasteiger partial charge on any atom is -0.493 e. The van der Waals surface area contributed by atoms with Crippen molar-refractivity contribution in [2.75, 3.05) is 13.2 Å². The van der Waals surface area contributed by atoms with Crippen LogP contribution >= 0.6 is 0 Å². The fourth-order valence-electron chi connectivity index (χ4n) is 3.53. The van der Waals surface area contributed by atoms with Gasteiger partial charge in [-0.2, -0.15) is 0 Å². The molecule has 32 heavy (non-hydrogen) atoms. The van der Waals surface area contributed by atoms with Gasteiger partial charge in [-0.3, -0.25) is 9.98 Å². The third-order valence-electron chi connectivity index (χ3n) is 5.00. The molecule has 0 unspecified atom stereocenters. The lowest BCUT2D eigenvalue weighted by molar-refractivity contribution is 0.339. The van der Waals surface area contributed by atoms with Crippen LogP contribution in [0.5, 0.6) is 11.5 Å². The van der Waals surface area contributed by atoms with Crippen LogP contribution in [0.1, 0.15) is 25.0 Å². The van der Waals surface area contributed by atoms with E-state index in [0.29, 0.717) is 13.2 Å². The van der Waals surface area contributed by atoms with E-state index in [0.717, 1.165) is 44.8 Å². The second kappa shape index (κ2) is 10.4. The molecular formula is C28H26N2O2. The molecule has 4 nitrogen and oxygen atoms in total. The van der Waals surface area contributed by atoms with E-state index in [1.165, 1.54) is 0 Å². The van der Waals surface area contributed by atoms with Crippen LogP contribution < -0.4 is 9.47 Å². The van der Waals surface area contributed by atoms with Gasteiger partial charge in [-0.05, 0) is 50.2 Å². The zero-order valence-electron chi connectivity index (χ0n) is 18.4. The minimum absolute atomic E-state index is 0.618. The number of rotatable bonds is 8. The first-order valence-electron chi connectivity index (χ1n) is 10.8. The molecule has 0 spiro atoms. The molecule has 0 heterocycles. The second-order valence-electron chi connectivity index (χ2n) is 7.11. The smallest absolute Gasteiger partial charge is 0.128 e. The van der Waals surface area contributed by atoms with Gasteiger partial charge >= 0.3 is 0 Å². The molecule has 0 radical (unpaired) electrons. The molecule has 4 aromatic rings. The molecule has 0 aromatic heterocycles. The van der Waals surface area contributed by atoms with Crippen molar-refractivity contribution in [3.63, 3.8) is 0 Å². The quantitative estimate of drug-likeness (QED) is 0.283. The highest BCUT2D eigenvalue weighted by atomic mass is 16.5. The average molecular weight is 423 g/mol. The molecule has 0 fully saturated rings. The molecule has 0 aliphatic heterocycles. The molecule has 0 saturated carbocycles. The predicted molar refractivity (Wildman–Crippen MR) is 134 cm³/mol. The number of benzene rings is 4. The summed E-state index contributed by atoms with van der Waals surface area (Å²) in [5, 5.41) is 2.09. The summed E-state index contributed by atoms with van der Waals surface area (Å²) >= 11 is 0. The van der Waals surface area contributed by atoms with Gasteiger partial charge in [0.2, 0.25) is 0 Å². The van der Waals surface area contributed by atoms with Gasteiger partial charge in [-0.1, -0.05) is 48.5 Å². The largest absolute Gasteiger partial charge is 0.493 e. The standard InChI is InChI=1S/C28H26N2O2/c1-3-31-27-17-7-5-11-21(27)19-29-25-15-9-14-24-23(25)13-10-16-26(24)30-20-22-12-6-8-18-28(22)32-4-2/h5-20H,3-4H2,1-2H3. The van der Waals surface area contributed by atoms with Crippen molar-refractivity contribution in [1.29, 1.82) is 0 Å². The van der Waals surface area contributed by atoms with Gasteiger partial charge in [0.25, 0.3) is 0 Å². The average Bonchev–Trinajstić information content (AvgIpc) is 2.83. The van der Waals surface area contributed by atoms with Crippen molar-refractivity contribution in [2.24, 2.45) is 9.98 Å². The fraction of sp³-hybridized carbons (Fsp3) is 0.143. The normalized spacial score (nSPS) is 11.4. The van der Waals surface area contributed by atoms with Crippen LogP contribution in [0.3, 0.4) is 0 Å². The highest BCUT2D eigenvalue weighted by Gasteiger charge is 2.05. The van der Waals surface area contributed by atoms with E-state index in [9.17, 15) is 0 Å². The van der Waals surface area contributed by atoms with Crippen LogP contribution in [0.4, 0.5) is 11.4 Å². The Morgan fingerprint density at radius 1 is 0.562 bits per heavy atom. The predicted octanol–water partition coefficient (Wildman–Crippen LogP) is 7.14. The number of para-hydroxylation sites is 2. The summed E-state index contributed by atoms with van der Waals surface area (Å²) in [7, 11) is 0. The summed E-state index contributed by atoms with van der Waals surface area (Å²) in [5.41, 5.74) is 3.68. The summed E-state index contributed by atoms with van der Waals surface area (Å²) in [4.78, 5) is 9.54. The molecule has 0 atom stereocenters. The lowest BCUT2D eigenvalue weighted by atomic mass is 10.1. The highest BCUT2D eigenvalue weighted by molar-refractivity contribution is 6.02. The Balaban J connectivity index is 1.68. The van der Waals surface area contributed by atoms with E-state index in [2.05, 4.69) is 12.1 Å². The fourth-order valence-corrected chi connectivity index (χ4v) is 3.53. The molecule has 0 saturated heterocycles. The van der Waals surface area contributed by atoms with E-state index < -0.39 is 0 Å². The highest BCUT2D eigenvalue weighted by Crippen LogP contribution is 2.33. The maximum atomic E-state index is 5.71. The summed E-state index contributed by atoms with van der Waals surface area (Å²) in [6.07, 6.45) is 3.71. The number of fused-ring (bicyclic) bond motifs is 1. The van der Waals surface area contributed by atoms with Crippen molar-refractivity contribution in [2.45, 2.75) is 13.8 Å². The van der Waals surface area contributed by atoms with Crippen LogP contribution in [0.2, 0.25) is 0 Å². The van der Waals surface area contributed by atoms with E-state index in [4.69, 9.17) is 19.5 Å². The van der Waals surface area contributed by atoms with Crippen LogP contribution in [-0.2, 0) is 0 Å². The van der Waals surface area contributed by atoms with Crippen LogP contribution in [0, 0.1) is 0 Å². The monoisotopic (exact) mass is 422 g/mol. The van der Waals surface area contributed by atoms with Gasteiger partial charge in [0.1, 0.15) is 11.5 Å². The van der Waals surface area contributed by atoms with Gasteiger partial charge in [0.15, 0.2) is 0 Å². The first kappa shape index (κ1) is 21.3. The van der Waals surface area contributed by atoms with Crippen LogP contribution in [0.15, 0.2) is 94.9 Å². The van der Waals surface area contributed by atoms with Gasteiger partial charge in [-0.15, -0.1) is 0 Å². The Morgan fingerprint density at radius 2 is 1.00 bits per heavy atom. The minimum atomic E-state index is 0.618. The molecule has 160 valence electrons. The third kappa shape index (κ3) is 4.86. The molecule has 4 rings (SSSR count). The Labute approximate surface area is 188 Å². The Kier molecular flexibility index (Phi) is 6.93. The van der Waals surface area contributed by atoms with Crippen molar-refractivity contribution >= 4 is 34.6 Å². The maximum absolute atomic E-state index is 5.71. The Bertz CT molecular complexity index is 1160. The number of nitrogens with zero attached hydrogens (tertiary/aromatic N) is 2. The van der Waals surface area contributed by atoms with Gasteiger partial charge < -0.3 is 9.47 Å². The van der Waals surface area contributed by atoms with E-state index in [1.807, 2.05) is 99.1 Å². The summed E-state index contributed by atoms with van der Waals surface area (Å²) in [6.45, 7) is 5.20. The van der Waals surface area contributed by atoms with Crippen molar-refractivity contribution in [3.8, 4) is 11.5 Å². The first-order chi connectivity index (χ1) is 15.8. The zero-order valence-corrected chi connectivity index (χ0v) is 18.4. The zero-order chi connectivity index (χ0) is 22.2. The van der Waals surface area contributed by atoms with Crippen molar-refractivity contribution in [3.05, 3.63) is 96.1 Å². The van der Waals surface area contributed by atoms with Gasteiger partial charge in [0.05, 0.1) is 24.6 Å². The Morgan fingerprint density at radius 3 is 1.44 bits per heavy atom. The molecular weight excluding hydrogens is 396 g/mol. The maximum Gasteiger partial charge on any atom is 0.128 e. The van der Waals surface area contributed by atoms with E-state index >= 15 is 0 Å². The van der Waals surface area contributed by atoms with Gasteiger partial charge in [0, 0.05) is 34.3 Å². The summed E-state index contributed by atoms with van der Waals surface area (Å²) in [6, 6.07) is 28.0. The molecule has 0 aliphatic carbocycles. The first-order valence-corrected chi connectivity index (χ1v) is 10.8. The molecule has 4 heteroatoms. The lowest BCUT2D eigenvalue weighted by Gasteiger charge is -2.08. The summed E-state index contributed by atoms with van der Waals surface area (Å²) in [5.74, 6) is 1.66. The third-order valence-corrected chi connectivity index (χ3v) is 5.00.